The number of imidazole rings is 1. The molecule has 0 fully saturated rings. The topological polar surface area (TPSA) is 37.9 Å². The summed E-state index contributed by atoms with van der Waals surface area (Å²) in [6, 6.07) is 3.67. The third-order valence-corrected chi connectivity index (χ3v) is 3.00. The Labute approximate surface area is 141 Å². The number of halogens is 11. The van der Waals surface area contributed by atoms with Crippen molar-refractivity contribution in [2.45, 2.75) is 24.5 Å². The number of nitrogens with one attached hydrogen (secondary N) is 1. The molecule has 1 aromatic heterocycles. The highest BCUT2D eigenvalue weighted by atomic mass is 19.4. The number of alkyl halides is 11. The van der Waals surface area contributed by atoms with Gasteiger partial charge in [0.2, 0.25) is 5.76 Å². The monoisotopic (exact) mass is 414 g/mol. The first-order valence-corrected chi connectivity index (χ1v) is 6.51. The van der Waals surface area contributed by atoms with Gasteiger partial charge in [-0.1, -0.05) is 12.1 Å². The predicted molar refractivity (Wildman–Crippen MR) is 66.9 cm³/mol. The summed E-state index contributed by atoms with van der Waals surface area (Å²) in [5.74, 6) is -10.5. The zero-order valence-corrected chi connectivity index (χ0v) is 12.3. The average Bonchev–Trinajstić information content (AvgIpc) is 2.85. The maximum absolute atomic E-state index is 13.3. The number of nitrogens with zero attached hydrogens (tertiary/aromatic N) is 1. The molecule has 0 radical (unpaired) electrons. The molecule has 1 aromatic carbocycles. The number of para-hydroxylation sites is 2. The zero-order valence-electron chi connectivity index (χ0n) is 12.3. The van der Waals surface area contributed by atoms with E-state index < -0.39 is 41.8 Å². The molecular formula is C13H5F11N2O. The van der Waals surface area contributed by atoms with Crippen LogP contribution < -0.4 is 4.74 Å². The lowest BCUT2D eigenvalue weighted by Gasteiger charge is -2.26. The van der Waals surface area contributed by atoms with Gasteiger partial charge in [0.15, 0.2) is 5.57 Å². The van der Waals surface area contributed by atoms with Crippen molar-refractivity contribution in [1.29, 1.82) is 0 Å². The molecule has 0 aliphatic heterocycles. The van der Waals surface area contributed by atoms with Crippen molar-refractivity contribution >= 4 is 11.0 Å². The van der Waals surface area contributed by atoms with Gasteiger partial charge < -0.3 is 9.72 Å². The minimum Gasteiger partial charge on any atom is -0.420 e. The molecule has 0 saturated carbocycles. The summed E-state index contributed by atoms with van der Waals surface area (Å²) in [6.07, 6.45) is -20.0. The van der Waals surface area contributed by atoms with E-state index in [1.54, 1.807) is 0 Å². The van der Waals surface area contributed by atoms with Crippen molar-refractivity contribution in [3.05, 3.63) is 35.6 Å². The second kappa shape index (κ2) is 6.27. The third kappa shape index (κ3) is 4.08. The van der Waals surface area contributed by atoms with Crippen LogP contribution >= 0.6 is 0 Å². The normalized spacial score (nSPS) is 15.1. The van der Waals surface area contributed by atoms with Crippen LogP contribution in [0.2, 0.25) is 0 Å². The van der Waals surface area contributed by atoms with Gasteiger partial charge >= 0.3 is 24.5 Å². The summed E-state index contributed by atoms with van der Waals surface area (Å²) < 4.78 is 144. The summed E-state index contributed by atoms with van der Waals surface area (Å²) in [4.78, 5) is 5.20. The first kappa shape index (κ1) is 20.8. The Morgan fingerprint density at radius 2 is 1.37 bits per heavy atom. The smallest absolute Gasteiger partial charge is 0.420 e. The molecule has 0 unspecified atom stereocenters. The van der Waals surface area contributed by atoms with Crippen molar-refractivity contribution in [1.82, 2.24) is 9.97 Å². The third-order valence-electron chi connectivity index (χ3n) is 3.00. The van der Waals surface area contributed by atoms with E-state index in [9.17, 15) is 48.3 Å². The van der Waals surface area contributed by atoms with E-state index in [-0.39, 0.29) is 11.0 Å². The molecule has 2 rings (SSSR count). The van der Waals surface area contributed by atoms with Crippen LogP contribution in [0, 0.1) is 0 Å². The number of fused-ring (bicyclic) bond motifs is 1. The van der Waals surface area contributed by atoms with Gasteiger partial charge in [0.1, 0.15) is 0 Å². The maximum atomic E-state index is 13.3. The maximum Gasteiger partial charge on any atom is 0.458 e. The molecule has 0 atom stereocenters. The minimum atomic E-state index is -6.97. The Kier molecular flexibility index (Phi) is 4.82. The molecule has 1 heterocycles. The Balaban J connectivity index is 2.72. The Bertz CT molecular complexity index is 824. The van der Waals surface area contributed by atoms with Crippen LogP contribution in [0.1, 0.15) is 0 Å². The number of H-pyrrole nitrogens is 1. The number of allylic oxidation sites excluding steroid dienone is 2. The van der Waals surface area contributed by atoms with E-state index in [4.69, 9.17) is 0 Å². The van der Waals surface area contributed by atoms with Crippen LogP contribution in [0.4, 0.5) is 48.3 Å². The highest BCUT2D eigenvalue weighted by Gasteiger charge is 2.70. The van der Waals surface area contributed by atoms with Gasteiger partial charge in [-0.3, -0.25) is 0 Å². The minimum absolute atomic E-state index is 0.0647. The van der Waals surface area contributed by atoms with Gasteiger partial charge in [0.25, 0.3) is 6.01 Å². The fraction of sp³-hybridized carbons (Fsp3) is 0.308. The van der Waals surface area contributed by atoms with Gasteiger partial charge in [-0.2, -0.15) is 53.3 Å². The summed E-state index contributed by atoms with van der Waals surface area (Å²) in [5, 5.41) is 0. The van der Waals surface area contributed by atoms with Crippen LogP contribution in [0.3, 0.4) is 0 Å². The van der Waals surface area contributed by atoms with Crippen molar-refractivity contribution < 1.29 is 53.0 Å². The van der Waals surface area contributed by atoms with E-state index in [2.05, 4.69) is 9.72 Å². The van der Waals surface area contributed by atoms with E-state index in [1.807, 2.05) is 4.98 Å². The Morgan fingerprint density at radius 3 is 1.81 bits per heavy atom. The summed E-state index contributed by atoms with van der Waals surface area (Å²) in [5.41, 5.74) is -4.44. The summed E-state index contributed by atoms with van der Waals surface area (Å²) in [7, 11) is 0. The van der Waals surface area contributed by atoms with Gasteiger partial charge in [-0.15, -0.1) is 0 Å². The lowest BCUT2D eigenvalue weighted by atomic mass is 10.1. The number of hydrogen-bond acceptors (Lipinski definition) is 2. The molecule has 0 saturated heterocycles. The number of hydrogen-bond donors (Lipinski definition) is 1. The molecule has 0 amide bonds. The largest absolute Gasteiger partial charge is 0.458 e. The number of rotatable bonds is 3. The van der Waals surface area contributed by atoms with E-state index >= 15 is 0 Å². The lowest BCUT2D eigenvalue weighted by Crippen LogP contribution is -2.46. The zero-order chi connectivity index (χ0) is 20.8. The molecule has 0 aliphatic rings. The molecule has 2 aromatic rings. The summed E-state index contributed by atoms with van der Waals surface area (Å²) in [6.45, 7) is 0. The fourth-order valence-corrected chi connectivity index (χ4v) is 1.92. The number of benzene rings is 1. The van der Waals surface area contributed by atoms with E-state index in [1.165, 1.54) is 24.3 Å². The highest BCUT2D eigenvalue weighted by molar-refractivity contribution is 5.75. The number of aromatic amines is 1. The quantitative estimate of drug-likeness (QED) is 0.531. The van der Waals surface area contributed by atoms with E-state index in [0.717, 1.165) is 0 Å². The predicted octanol–water partition coefficient (Wildman–Crippen LogP) is 5.52. The second-order valence-corrected chi connectivity index (χ2v) is 4.93. The van der Waals surface area contributed by atoms with Gasteiger partial charge in [0, 0.05) is 0 Å². The van der Waals surface area contributed by atoms with Crippen molar-refractivity contribution in [2.75, 3.05) is 0 Å². The van der Waals surface area contributed by atoms with Crippen LogP contribution in [0.25, 0.3) is 11.0 Å². The molecule has 0 bridgehead atoms. The van der Waals surface area contributed by atoms with Gasteiger partial charge in [0.05, 0.1) is 11.0 Å². The first-order chi connectivity index (χ1) is 12.0. The lowest BCUT2D eigenvalue weighted by molar-refractivity contribution is -0.284. The van der Waals surface area contributed by atoms with Crippen molar-refractivity contribution in [3.8, 4) is 6.01 Å². The first-order valence-electron chi connectivity index (χ1n) is 6.51. The van der Waals surface area contributed by atoms with Crippen molar-refractivity contribution in [3.63, 3.8) is 0 Å². The van der Waals surface area contributed by atoms with Crippen LogP contribution in [-0.4, -0.2) is 34.4 Å². The second-order valence-electron chi connectivity index (χ2n) is 4.93. The Morgan fingerprint density at radius 1 is 0.815 bits per heavy atom. The molecule has 14 heteroatoms. The van der Waals surface area contributed by atoms with E-state index in [0.29, 0.717) is 0 Å². The van der Waals surface area contributed by atoms with Crippen LogP contribution in [0.15, 0.2) is 35.6 Å². The molecule has 0 spiro atoms. The average molecular weight is 414 g/mol. The van der Waals surface area contributed by atoms with Crippen LogP contribution in [0.5, 0.6) is 6.01 Å². The molecule has 150 valence electrons. The number of aromatic nitrogens is 2. The molecule has 3 nitrogen and oxygen atoms in total. The highest BCUT2D eigenvalue weighted by Crippen LogP contribution is 2.51. The molecule has 0 aliphatic carbocycles. The molecular weight excluding hydrogens is 409 g/mol. The van der Waals surface area contributed by atoms with Gasteiger partial charge in [-0.25, -0.2) is 0 Å². The Hall–Kier alpha value is -2.54. The van der Waals surface area contributed by atoms with Crippen molar-refractivity contribution in [2.24, 2.45) is 0 Å². The molecule has 1 N–H and O–H groups in total. The van der Waals surface area contributed by atoms with Crippen LogP contribution in [-0.2, 0) is 0 Å². The fourth-order valence-electron chi connectivity index (χ4n) is 1.92. The SMILES string of the molecule is FC(F)(F)/C(Oc1nc2ccccc2[nH]1)=C(/C(F)(F)F)C(F)(F)C(F)(F)F. The van der Waals surface area contributed by atoms with Gasteiger partial charge in [-0.05, 0) is 12.1 Å². The number of ether oxygens (including phenoxy) is 1. The molecule has 27 heavy (non-hydrogen) atoms. The summed E-state index contributed by atoms with van der Waals surface area (Å²) >= 11 is 0. The standard InChI is InChI=1S/C13H5F11N2O/c14-10(15,13(22,23)24)7(11(16,17)18)8(12(19,20)21)27-9-25-5-3-1-2-4-6(5)26-9/h1-4H,(H,25,26)/b8-7-.